The van der Waals surface area contributed by atoms with Gasteiger partial charge in [-0.05, 0) is 73.9 Å². The number of hydrazone groups is 1. The van der Waals surface area contributed by atoms with Gasteiger partial charge in [-0.25, -0.2) is 0 Å². The molecule has 1 aliphatic rings. The van der Waals surface area contributed by atoms with Gasteiger partial charge in [0.15, 0.2) is 0 Å². The Morgan fingerprint density at radius 1 is 1.03 bits per heavy atom. The summed E-state index contributed by atoms with van der Waals surface area (Å²) in [7, 11) is 3.32. The van der Waals surface area contributed by atoms with Crippen molar-refractivity contribution in [1.29, 1.82) is 0 Å². The van der Waals surface area contributed by atoms with Crippen molar-refractivity contribution in [2.24, 2.45) is 11.0 Å². The zero-order chi connectivity index (χ0) is 23.1. The lowest BCUT2D eigenvalue weighted by Crippen LogP contribution is -2.22. The highest BCUT2D eigenvalue weighted by atomic mass is 16.6. The molecular weight excluding hydrogens is 416 g/mol. The normalized spacial score (nSPS) is 18.8. The third kappa shape index (κ3) is 5.79. The first-order chi connectivity index (χ1) is 15.4. The number of hydrogen-bond donors (Lipinski definition) is 1. The van der Waals surface area contributed by atoms with Crippen LogP contribution in [0.4, 0.5) is 17.1 Å². The van der Waals surface area contributed by atoms with Crippen LogP contribution in [0.2, 0.25) is 0 Å². The van der Waals surface area contributed by atoms with Crippen molar-refractivity contribution >= 4 is 22.8 Å². The largest absolute Gasteiger partial charge is 0.497 e. The maximum absolute atomic E-state index is 11.4. The molecule has 1 aliphatic carbocycles. The zero-order valence-electron chi connectivity index (χ0n) is 18.0. The van der Waals surface area contributed by atoms with Crippen molar-refractivity contribution < 1.29 is 19.3 Å². The van der Waals surface area contributed by atoms with E-state index in [9.17, 15) is 20.2 Å². The Labute approximate surface area is 185 Å². The molecule has 0 saturated heterocycles. The van der Waals surface area contributed by atoms with Crippen LogP contribution >= 0.6 is 0 Å². The first-order valence-electron chi connectivity index (χ1n) is 10.3. The fraction of sp³-hybridized carbons (Fsp3) is 0.409. The molecule has 170 valence electrons. The minimum Gasteiger partial charge on any atom is -0.497 e. The second kappa shape index (κ2) is 10.7. The van der Waals surface area contributed by atoms with E-state index in [0.29, 0.717) is 18.1 Å². The van der Waals surface area contributed by atoms with Crippen LogP contribution in [0.25, 0.3) is 0 Å². The van der Waals surface area contributed by atoms with E-state index in [2.05, 4.69) is 10.5 Å². The predicted molar refractivity (Wildman–Crippen MR) is 120 cm³/mol. The topological polar surface area (TPSA) is 129 Å². The molecule has 0 amide bonds. The molecule has 3 rings (SSSR count). The third-order valence-corrected chi connectivity index (χ3v) is 5.73. The van der Waals surface area contributed by atoms with E-state index in [4.69, 9.17) is 9.47 Å². The maximum atomic E-state index is 11.4. The average Bonchev–Trinajstić information content (AvgIpc) is 2.82. The van der Waals surface area contributed by atoms with Crippen molar-refractivity contribution in [1.82, 2.24) is 0 Å². The van der Waals surface area contributed by atoms with E-state index in [1.807, 2.05) is 24.3 Å². The van der Waals surface area contributed by atoms with Gasteiger partial charge >= 0.3 is 5.69 Å². The van der Waals surface area contributed by atoms with Crippen molar-refractivity contribution in [3.8, 4) is 5.75 Å². The van der Waals surface area contributed by atoms with Gasteiger partial charge in [0.05, 0.1) is 34.8 Å². The zero-order valence-corrected chi connectivity index (χ0v) is 18.0. The number of ether oxygens (including phenoxy) is 2. The molecule has 32 heavy (non-hydrogen) atoms. The molecule has 0 bridgehead atoms. The third-order valence-electron chi connectivity index (χ3n) is 5.73. The van der Waals surface area contributed by atoms with Gasteiger partial charge in [0.25, 0.3) is 5.69 Å². The van der Waals surface area contributed by atoms with E-state index in [-0.39, 0.29) is 17.5 Å². The molecule has 1 fully saturated rings. The number of benzene rings is 2. The van der Waals surface area contributed by atoms with Gasteiger partial charge in [-0.2, -0.15) is 5.10 Å². The predicted octanol–water partition coefficient (Wildman–Crippen LogP) is 4.92. The highest BCUT2D eigenvalue weighted by Crippen LogP contribution is 2.31. The summed E-state index contributed by atoms with van der Waals surface area (Å²) in [5.41, 5.74) is 3.73. The van der Waals surface area contributed by atoms with Gasteiger partial charge in [-0.15, -0.1) is 0 Å². The molecule has 2 aromatic carbocycles. The van der Waals surface area contributed by atoms with E-state index in [0.717, 1.165) is 43.0 Å². The van der Waals surface area contributed by atoms with Crippen LogP contribution in [0, 0.1) is 26.1 Å². The second-order valence-corrected chi connectivity index (χ2v) is 7.70. The highest BCUT2D eigenvalue weighted by Gasteiger charge is 2.23. The molecular formula is C22H26N4O6. The van der Waals surface area contributed by atoms with Gasteiger partial charge in [-0.3, -0.25) is 25.7 Å². The van der Waals surface area contributed by atoms with E-state index in [1.54, 1.807) is 14.2 Å². The summed E-state index contributed by atoms with van der Waals surface area (Å²) in [4.78, 5) is 21.1. The summed E-state index contributed by atoms with van der Waals surface area (Å²) < 4.78 is 10.7. The molecule has 10 nitrogen and oxygen atoms in total. The number of nitrogens with one attached hydrogen (secondary N) is 1. The molecule has 10 heteroatoms. The van der Waals surface area contributed by atoms with Crippen LogP contribution in [-0.2, 0) is 4.74 Å². The number of nitro benzene ring substituents is 2. The van der Waals surface area contributed by atoms with Crippen LogP contribution < -0.4 is 10.2 Å². The summed E-state index contributed by atoms with van der Waals surface area (Å²) in [6.07, 6.45) is 4.96. The van der Waals surface area contributed by atoms with Gasteiger partial charge < -0.3 is 9.47 Å². The van der Waals surface area contributed by atoms with Crippen LogP contribution in [0.1, 0.15) is 37.7 Å². The minimum absolute atomic E-state index is 0.0923. The molecule has 1 N–H and O–H groups in total. The number of methoxy groups -OCH3 is 2. The Morgan fingerprint density at radius 2 is 1.72 bits per heavy atom. The van der Waals surface area contributed by atoms with Gasteiger partial charge in [0.2, 0.25) is 0 Å². The standard InChI is InChI=1S/C22H26N4O6/c1-31-18-8-3-15(4-9-18)13-21(16-5-10-19(32-2)11-6-16)24-23-20-12-7-17(25(27)28)14-22(20)26(29)30/h5-7,10-12,14-15,18,23H,3-4,8-9,13H2,1-2H3/b24-21+. The molecule has 0 aliphatic heterocycles. The Balaban J connectivity index is 1.87. The van der Waals surface area contributed by atoms with Gasteiger partial charge in [-0.1, -0.05) is 0 Å². The van der Waals surface area contributed by atoms with Crippen molar-refractivity contribution in [2.75, 3.05) is 19.6 Å². The quantitative estimate of drug-likeness (QED) is 0.331. The number of rotatable bonds is 9. The van der Waals surface area contributed by atoms with E-state index in [1.165, 1.54) is 12.1 Å². The Kier molecular flexibility index (Phi) is 7.72. The monoisotopic (exact) mass is 442 g/mol. The average molecular weight is 442 g/mol. The lowest BCUT2D eigenvalue weighted by Gasteiger charge is -2.28. The number of nitro groups is 2. The number of non-ortho nitro benzene ring substituents is 1. The lowest BCUT2D eigenvalue weighted by atomic mass is 9.83. The first kappa shape index (κ1) is 23.1. The summed E-state index contributed by atoms with van der Waals surface area (Å²) in [6, 6.07) is 10.9. The molecule has 0 radical (unpaired) electrons. The summed E-state index contributed by atoms with van der Waals surface area (Å²) in [5.74, 6) is 1.13. The van der Waals surface area contributed by atoms with Gasteiger partial charge in [0.1, 0.15) is 11.4 Å². The second-order valence-electron chi connectivity index (χ2n) is 7.70. The number of hydrogen-bond acceptors (Lipinski definition) is 8. The number of anilines is 1. The molecule has 0 heterocycles. The highest BCUT2D eigenvalue weighted by molar-refractivity contribution is 6.01. The lowest BCUT2D eigenvalue weighted by molar-refractivity contribution is -0.393. The molecule has 0 atom stereocenters. The van der Waals surface area contributed by atoms with Crippen LogP contribution in [0.3, 0.4) is 0 Å². The molecule has 2 aromatic rings. The van der Waals surface area contributed by atoms with Crippen LogP contribution in [0.15, 0.2) is 47.6 Å². The Morgan fingerprint density at radius 3 is 2.28 bits per heavy atom. The van der Waals surface area contributed by atoms with Crippen molar-refractivity contribution in [2.45, 2.75) is 38.2 Å². The van der Waals surface area contributed by atoms with Crippen LogP contribution in [0.5, 0.6) is 5.75 Å². The minimum atomic E-state index is -0.667. The van der Waals surface area contributed by atoms with Crippen molar-refractivity contribution in [3.63, 3.8) is 0 Å². The fourth-order valence-electron chi connectivity index (χ4n) is 3.86. The van der Waals surface area contributed by atoms with E-state index < -0.39 is 15.5 Å². The first-order valence-corrected chi connectivity index (χ1v) is 10.3. The smallest absolute Gasteiger partial charge is 0.301 e. The number of nitrogens with zero attached hydrogens (tertiary/aromatic N) is 3. The Bertz CT molecular complexity index is 984. The molecule has 0 unspecified atom stereocenters. The molecule has 0 aromatic heterocycles. The van der Waals surface area contributed by atoms with Crippen LogP contribution in [-0.4, -0.2) is 35.9 Å². The summed E-state index contributed by atoms with van der Waals surface area (Å²) in [5, 5.41) is 26.9. The van der Waals surface area contributed by atoms with Gasteiger partial charge in [0, 0.05) is 13.2 Å². The molecule has 1 saturated carbocycles. The SMILES string of the molecule is COc1ccc(/C(CC2CCC(OC)CC2)=N/Nc2ccc([N+](=O)[O-])cc2[N+](=O)[O-])cc1. The summed E-state index contributed by atoms with van der Waals surface area (Å²) in [6.45, 7) is 0. The fourth-order valence-corrected chi connectivity index (χ4v) is 3.86. The summed E-state index contributed by atoms with van der Waals surface area (Å²) >= 11 is 0. The Hall–Kier alpha value is -3.53. The van der Waals surface area contributed by atoms with E-state index >= 15 is 0 Å². The molecule has 0 spiro atoms. The van der Waals surface area contributed by atoms with Crippen molar-refractivity contribution in [3.05, 3.63) is 68.3 Å². The maximum Gasteiger partial charge on any atom is 0.301 e.